The van der Waals surface area contributed by atoms with Crippen molar-refractivity contribution in [2.45, 2.75) is 64.4 Å². The molecule has 0 spiro atoms. The molecule has 2 unspecified atom stereocenters. The van der Waals surface area contributed by atoms with E-state index in [1.807, 2.05) is 6.92 Å². The normalized spacial score (nSPS) is 14.1. The molecule has 0 aromatic heterocycles. The number of aliphatic hydroxyl groups is 1. The van der Waals surface area contributed by atoms with E-state index in [4.69, 9.17) is 0 Å². The van der Waals surface area contributed by atoms with E-state index in [2.05, 4.69) is 50.2 Å². The molecule has 0 heterocycles. The molecule has 16 heavy (non-hydrogen) atoms. The SMILES string of the molecule is CC#CC(C(O)C#CCCCC)[Si](C)(C)C. The van der Waals surface area contributed by atoms with Gasteiger partial charge in [-0.05, 0) is 13.3 Å². The third-order valence-electron chi connectivity index (χ3n) is 2.45. The monoisotopic (exact) mass is 236 g/mol. The summed E-state index contributed by atoms with van der Waals surface area (Å²) in [5.41, 5.74) is 0.0617. The van der Waals surface area contributed by atoms with Gasteiger partial charge in [0.05, 0.1) is 13.6 Å². The van der Waals surface area contributed by atoms with Crippen molar-refractivity contribution in [1.29, 1.82) is 0 Å². The summed E-state index contributed by atoms with van der Waals surface area (Å²) in [4.78, 5) is 0. The lowest BCUT2D eigenvalue weighted by Gasteiger charge is -2.25. The summed E-state index contributed by atoms with van der Waals surface area (Å²) < 4.78 is 0. The first kappa shape index (κ1) is 15.3. The van der Waals surface area contributed by atoms with E-state index in [1.54, 1.807) is 0 Å². The summed E-state index contributed by atoms with van der Waals surface area (Å²) in [6, 6.07) is 0. The van der Waals surface area contributed by atoms with Gasteiger partial charge in [-0.1, -0.05) is 44.8 Å². The lowest BCUT2D eigenvalue weighted by atomic mass is 10.2. The van der Waals surface area contributed by atoms with Crippen LogP contribution in [0.15, 0.2) is 0 Å². The van der Waals surface area contributed by atoms with Crippen LogP contribution in [0.4, 0.5) is 0 Å². The maximum Gasteiger partial charge on any atom is 0.125 e. The molecule has 0 saturated carbocycles. The van der Waals surface area contributed by atoms with Crippen LogP contribution in [-0.2, 0) is 0 Å². The van der Waals surface area contributed by atoms with Crippen LogP contribution in [0.25, 0.3) is 0 Å². The highest BCUT2D eigenvalue weighted by Crippen LogP contribution is 2.24. The average Bonchev–Trinajstić information content (AvgIpc) is 2.19. The fourth-order valence-corrected chi connectivity index (χ4v) is 3.06. The van der Waals surface area contributed by atoms with Gasteiger partial charge >= 0.3 is 0 Å². The van der Waals surface area contributed by atoms with E-state index in [0.717, 1.165) is 19.3 Å². The number of hydrogen-bond donors (Lipinski definition) is 1. The second kappa shape index (κ2) is 7.55. The van der Waals surface area contributed by atoms with Crippen LogP contribution >= 0.6 is 0 Å². The Labute approximate surface area is 102 Å². The Morgan fingerprint density at radius 2 is 1.81 bits per heavy atom. The molecular weight excluding hydrogens is 212 g/mol. The molecule has 0 aliphatic heterocycles. The summed E-state index contributed by atoms with van der Waals surface area (Å²) in [7, 11) is -1.47. The van der Waals surface area contributed by atoms with Gasteiger partial charge < -0.3 is 5.11 Å². The maximum absolute atomic E-state index is 10.0. The first-order chi connectivity index (χ1) is 7.43. The number of unbranched alkanes of at least 4 members (excludes halogenated alkanes) is 2. The smallest absolute Gasteiger partial charge is 0.125 e. The topological polar surface area (TPSA) is 20.2 Å². The van der Waals surface area contributed by atoms with Crippen LogP contribution in [0, 0.1) is 23.7 Å². The number of rotatable bonds is 4. The third kappa shape index (κ3) is 6.01. The van der Waals surface area contributed by atoms with Crippen LogP contribution in [0.3, 0.4) is 0 Å². The number of aliphatic hydroxyl groups excluding tert-OH is 1. The molecule has 0 aliphatic rings. The molecule has 0 amide bonds. The number of hydrogen-bond acceptors (Lipinski definition) is 1. The first-order valence-electron chi connectivity index (χ1n) is 6.02. The highest BCUT2D eigenvalue weighted by atomic mass is 28.3. The molecule has 0 aliphatic carbocycles. The summed E-state index contributed by atoms with van der Waals surface area (Å²) in [6.45, 7) is 10.6. The minimum Gasteiger partial charge on any atom is -0.379 e. The van der Waals surface area contributed by atoms with E-state index in [1.165, 1.54) is 0 Å². The molecule has 90 valence electrons. The molecule has 0 rings (SSSR count). The second-order valence-electron chi connectivity index (χ2n) is 5.11. The zero-order valence-electron chi connectivity index (χ0n) is 11.2. The zero-order valence-corrected chi connectivity index (χ0v) is 12.2. The summed E-state index contributed by atoms with van der Waals surface area (Å²) in [5, 5.41) is 10.0. The average molecular weight is 236 g/mol. The standard InChI is InChI=1S/C14H24OSi/c1-6-8-9-10-12-13(15)14(11-7-2)16(3,4)5/h13-15H,6,8-9H2,1-5H3. The molecule has 0 saturated heterocycles. The van der Waals surface area contributed by atoms with Crippen molar-refractivity contribution >= 4 is 8.07 Å². The Hall–Kier alpha value is -0.703. The van der Waals surface area contributed by atoms with E-state index < -0.39 is 14.2 Å². The van der Waals surface area contributed by atoms with Crippen LogP contribution < -0.4 is 0 Å². The lowest BCUT2D eigenvalue weighted by Crippen LogP contribution is -2.34. The highest BCUT2D eigenvalue weighted by molar-refractivity contribution is 6.78. The molecule has 0 fully saturated rings. The predicted octanol–water partition coefficient (Wildman–Crippen LogP) is 3.27. The van der Waals surface area contributed by atoms with Gasteiger partial charge in [-0.25, -0.2) is 0 Å². The van der Waals surface area contributed by atoms with Crippen molar-refractivity contribution in [3.8, 4) is 23.7 Å². The quantitative estimate of drug-likeness (QED) is 0.451. The highest BCUT2D eigenvalue weighted by Gasteiger charge is 2.30. The van der Waals surface area contributed by atoms with Gasteiger partial charge in [-0.15, -0.1) is 11.8 Å². The minimum absolute atomic E-state index is 0.0617. The van der Waals surface area contributed by atoms with Gasteiger partial charge in [0, 0.05) is 6.42 Å². The molecule has 1 N–H and O–H groups in total. The first-order valence-corrected chi connectivity index (χ1v) is 9.60. The van der Waals surface area contributed by atoms with Crippen LogP contribution in [-0.4, -0.2) is 19.3 Å². The summed E-state index contributed by atoms with van der Waals surface area (Å²) in [5.74, 6) is 12.0. The molecule has 2 heteroatoms. The Balaban J connectivity index is 4.53. The van der Waals surface area contributed by atoms with Gasteiger partial charge in [-0.3, -0.25) is 0 Å². The fourth-order valence-electron chi connectivity index (χ4n) is 1.45. The minimum atomic E-state index is -1.47. The van der Waals surface area contributed by atoms with E-state index in [0.29, 0.717) is 0 Å². The molecule has 0 bridgehead atoms. The van der Waals surface area contributed by atoms with Crippen molar-refractivity contribution in [1.82, 2.24) is 0 Å². The van der Waals surface area contributed by atoms with Gasteiger partial charge in [0.2, 0.25) is 0 Å². The van der Waals surface area contributed by atoms with Crippen LogP contribution in [0.2, 0.25) is 25.2 Å². The zero-order chi connectivity index (χ0) is 12.6. The Bertz CT molecular complexity index is 306. The van der Waals surface area contributed by atoms with Crippen LogP contribution in [0.5, 0.6) is 0 Å². The molecular formula is C14H24OSi. The molecule has 2 atom stereocenters. The molecule has 0 aromatic carbocycles. The van der Waals surface area contributed by atoms with Crippen molar-refractivity contribution in [2.75, 3.05) is 0 Å². The van der Waals surface area contributed by atoms with E-state index in [-0.39, 0.29) is 5.54 Å². The summed E-state index contributed by atoms with van der Waals surface area (Å²) in [6.07, 6.45) is 2.57. The Morgan fingerprint density at radius 1 is 1.19 bits per heavy atom. The van der Waals surface area contributed by atoms with Crippen molar-refractivity contribution < 1.29 is 5.11 Å². The second-order valence-corrected chi connectivity index (χ2v) is 10.5. The van der Waals surface area contributed by atoms with Gasteiger partial charge in [0.15, 0.2) is 0 Å². The predicted molar refractivity (Wildman–Crippen MR) is 73.9 cm³/mol. The maximum atomic E-state index is 10.0. The summed E-state index contributed by atoms with van der Waals surface area (Å²) >= 11 is 0. The lowest BCUT2D eigenvalue weighted by molar-refractivity contribution is 0.236. The fraction of sp³-hybridized carbons (Fsp3) is 0.714. The largest absolute Gasteiger partial charge is 0.379 e. The molecule has 0 aromatic rings. The van der Waals surface area contributed by atoms with Gasteiger partial charge in [0.1, 0.15) is 6.10 Å². The van der Waals surface area contributed by atoms with Gasteiger partial charge in [0.25, 0.3) is 0 Å². The van der Waals surface area contributed by atoms with Crippen molar-refractivity contribution in [3.05, 3.63) is 0 Å². The van der Waals surface area contributed by atoms with E-state index >= 15 is 0 Å². The Morgan fingerprint density at radius 3 is 2.25 bits per heavy atom. The molecule has 0 radical (unpaired) electrons. The van der Waals surface area contributed by atoms with Crippen molar-refractivity contribution in [3.63, 3.8) is 0 Å². The van der Waals surface area contributed by atoms with E-state index in [9.17, 15) is 5.11 Å². The molecule has 1 nitrogen and oxygen atoms in total. The third-order valence-corrected chi connectivity index (χ3v) is 4.78. The van der Waals surface area contributed by atoms with Crippen LogP contribution in [0.1, 0.15) is 33.1 Å². The van der Waals surface area contributed by atoms with Gasteiger partial charge in [-0.2, -0.15) is 0 Å². The Kier molecular flexibility index (Phi) is 7.22. The van der Waals surface area contributed by atoms with Crippen molar-refractivity contribution in [2.24, 2.45) is 0 Å².